The van der Waals surface area contributed by atoms with E-state index in [0.29, 0.717) is 5.75 Å². The lowest BCUT2D eigenvalue weighted by atomic mass is 9.99. The Hall–Kier alpha value is -3.44. The van der Waals surface area contributed by atoms with Crippen LogP contribution in [0, 0.1) is 20.8 Å². The number of aryl methyl sites for hydroxylation is 3. The van der Waals surface area contributed by atoms with Gasteiger partial charge in [0.05, 0.1) is 17.2 Å². The van der Waals surface area contributed by atoms with E-state index < -0.39 is 0 Å². The van der Waals surface area contributed by atoms with Crippen molar-refractivity contribution in [2.45, 2.75) is 27.3 Å². The van der Waals surface area contributed by atoms with Gasteiger partial charge in [-0.05, 0) is 72.9 Å². The van der Waals surface area contributed by atoms with Crippen molar-refractivity contribution in [1.82, 2.24) is 14.9 Å². The fourth-order valence-electron chi connectivity index (χ4n) is 4.66. The van der Waals surface area contributed by atoms with Crippen LogP contribution in [-0.2, 0) is 6.54 Å². The number of aromatic nitrogens is 2. The minimum Gasteiger partial charge on any atom is -0.507 e. The highest BCUT2D eigenvalue weighted by Gasteiger charge is 2.19. The first kappa shape index (κ1) is 21.4. The second-order valence-corrected chi connectivity index (χ2v) is 9.14. The van der Waals surface area contributed by atoms with Gasteiger partial charge in [-0.1, -0.05) is 35.9 Å². The number of rotatable bonds is 4. The zero-order valence-electron chi connectivity index (χ0n) is 19.5. The molecule has 5 heteroatoms. The highest BCUT2D eigenvalue weighted by molar-refractivity contribution is 5.82. The van der Waals surface area contributed by atoms with Crippen LogP contribution < -0.4 is 4.90 Å². The third-order valence-electron chi connectivity index (χ3n) is 6.54. The molecule has 1 aliphatic rings. The number of hydrogen-bond donors (Lipinski definition) is 1. The van der Waals surface area contributed by atoms with Crippen molar-refractivity contribution in [2.75, 3.05) is 31.1 Å². The molecule has 1 saturated heterocycles. The van der Waals surface area contributed by atoms with Crippen molar-refractivity contribution >= 4 is 16.9 Å². The summed E-state index contributed by atoms with van der Waals surface area (Å²) in [5, 5.41) is 10.1. The number of nitrogens with zero attached hydrogens (tertiary/aromatic N) is 4. The molecule has 5 rings (SSSR count). The van der Waals surface area contributed by atoms with Crippen molar-refractivity contribution in [3.05, 3.63) is 83.0 Å². The number of piperazine rings is 1. The van der Waals surface area contributed by atoms with Gasteiger partial charge in [-0.25, -0.2) is 4.98 Å². The van der Waals surface area contributed by atoms with Gasteiger partial charge in [0.2, 0.25) is 0 Å². The van der Waals surface area contributed by atoms with Crippen molar-refractivity contribution in [3.63, 3.8) is 0 Å². The second kappa shape index (κ2) is 8.83. The molecular formula is C28H30N4O. The Morgan fingerprint density at radius 2 is 1.58 bits per heavy atom. The number of anilines is 1. The number of fused-ring (bicyclic) bond motifs is 1. The average Bonchev–Trinajstić information content (AvgIpc) is 2.82. The molecule has 0 aliphatic carbocycles. The van der Waals surface area contributed by atoms with Gasteiger partial charge < -0.3 is 10.0 Å². The normalized spacial score (nSPS) is 14.7. The number of aromatic hydroxyl groups is 1. The molecule has 168 valence electrons. The maximum absolute atomic E-state index is 10.1. The van der Waals surface area contributed by atoms with Gasteiger partial charge in [0, 0.05) is 32.7 Å². The van der Waals surface area contributed by atoms with Crippen molar-refractivity contribution in [3.8, 4) is 16.9 Å². The summed E-state index contributed by atoms with van der Waals surface area (Å²) in [6.45, 7) is 10.9. The maximum atomic E-state index is 10.1. The summed E-state index contributed by atoms with van der Waals surface area (Å²) in [7, 11) is 0. The molecule has 33 heavy (non-hydrogen) atoms. The molecule has 4 aromatic rings. The molecule has 2 heterocycles. The molecule has 5 nitrogen and oxygen atoms in total. The van der Waals surface area contributed by atoms with Crippen molar-refractivity contribution < 1.29 is 5.11 Å². The molecule has 0 saturated carbocycles. The summed E-state index contributed by atoms with van der Waals surface area (Å²) in [4.78, 5) is 14.5. The third kappa shape index (κ3) is 4.55. The van der Waals surface area contributed by atoms with E-state index in [1.54, 1.807) is 0 Å². The Bertz CT molecular complexity index is 1290. The summed E-state index contributed by atoms with van der Waals surface area (Å²) < 4.78 is 0. The third-order valence-corrected chi connectivity index (χ3v) is 6.54. The van der Waals surface area contributed by atoms with E-state index in [0.717, 1.165) is 71.8 Å². The van der Waals surface area contributed by atoms with Crippen LogP contribution >= 0.6 is 0 Å². The van der Waals surface area contributed by atoms with Gasteiger partial charge in [-0.2, -0.15) is 0 Å². The van der Waals surface area contributed by atoms with Crippen LogP contribution in [0.5, 0.6) is 5.75 Å². The van der Waals surface area contributed by atoms with Crippen LogP contribution in [0.15, 0.2) is 60.8 Å². The van der Waals surface area contributed by atoms with Crippen LogP contribution in [0.1, 0.15) is 22.3 Å². The van der Waals surface area contributed by atoms with Gasteiger partial charge in [0.1, 0.15) is 11.6 Å². The highest BCUT2D eigenvalue weighted by atomic mass is 16.3. The Labute approximate surface area is 195 Å². The minimum atomic E-state index is 0.364. The van der Waals surface area contributed by atoms with E-state index in [-0.39, 0.29) is 0 Å². The molecule has 1 N–H and O–H groups in total. The lowest BCUT2D eigenvalue weighted by Crippen LogP contribution is -2.46. The van der Waals surface area contributed by atoms with E-state index in [1.165, 1.54) is 11.1 Å². The molecule has 0 radical (unpaired) electrons. The number of hydrogen-bond acceptors (Lipinski definition) is 5. The van der Waals surface area contributed by atoms with Crippen LogP contribution in [0.4, 0.5) is 5.82 Å². The molecule has 3 aromatic carbocycles. The molecule has 0 spiro atoms. The maximum Gasteiger partial charge on any atom is 0.147 e. The van der Waals surface area contributed by atoms with Gasteiger partial charge in [-0.15, -0.1) is 0 Å². The summed E-state index contributed by atoms with van der Waals surface area (Å²) >= 11 is 0. The summed E-state index contributed by atoms with van der Waals surface area (Å²) in [6.07, 6.45) is 1.90. The molecule has 0 bridgehead atoms. The lowest BCUT2D eigenvalue weighted by molar-refractivity contribution is 0.249. The van der Waals surface area contributed by atoms with Crippen LogP contribution in [0.3, 0.4) is 0 Å². The Balaban J connectivity index is 1.33. The predicted molar refractivity (Wildman–Crippen MR) is 135 cm³/mol. The molecular weight excluding hydrogens is 408 g/mol. The van der Waals surface area contributed by atoms with Crippen LogP contribution in [0.25, 0.3) is 22.2 Å². The summed E-state index contributed by atoms with van der Waals surface area (Å²) in [6, 6.07) is 19.0. The SMILES string of the molecule is Cc1cccc(CN2CCN(c3cnc4ccc(-c5cc(C)c(O)c(C)c5)cc4n3)CC2)c1. The van der Waals surface area contributed by atoms with Crippen LogP contribution in [-0.4, -0.2) is 46.2 Å². The second-order valence-electron chi connectivity index (χ2n) is 9.14. The van der Waals surface area contributed by atoms with E-state index in [1.807, 2.05) is 38.2 Å². The first-order chi connectivity index (χ1) is 16.0. The molecule has 1 aromatic heterocycles. The van der Waals surface area contributed by atoms with E-state index >= 15 is 0 Å². The van der Waals surface area contributed by atoms with Gasteiger partial charge in [-0.3, -0.25) is 9.88 Å². The predicted octanol–water partition coefficient (Wildman–Crippen LogP) is 5.25. The standard InChI is InChI=1S/C28H30N4O/c1-19-5-4-6-22(13-19)18-31-9-11-32(12-10-31)27-17-29-25-8-7-23(16-26(25)30-27)24-14-20(2)28(33)21(3)15-24/h4-8,13-17,33H,9-12,18H2,1-3H3. The van der Waals surface area contributed by atoms with Gasteiger partial charge >= 0.3 is 0 Å². The quantitative estimate of drug-likeness (QED) is 0.472. The Kier molecular flexibility index (Phi) is 5.73. The Morgan fingerprint density at radius 3 is 2.30 bits per heavy atom. The van der Waals surface area contributed by atoms with E-state index in [2.05, 4.69) is 58.1 Å². The molecule has 0 unspecified atom stereocenters. The first-order valence-corrected chi connectivity index (χ1v) is 11.6. The summed E-state index contributed by atoms with van der Waals surface area (Å²) in [5.41, 5.74) is 8.42. The smallest absolute Gasteiger partial charge is 0.147 e. The summed E-state index contributed by atoms with van der Waals surface area (Å²) in [5.74, 6) is 1.30. The molecule has 1 fully saturated rings. The van der Waals surface area contributed by atoms with Crippen LogP contribution in [0.2, 0.25) is 0 Å². The lowest BCUT2D eigenvalue weighted by Gasteiger charge is -2.35. The van der Waals surface area contributed by atoms with E-state index in [9.17, 15) is 5.11 Å². The fourth-order valence-corrected chi connectivity index (χ4v) is 4.66. The fraction of sp³-hybridized carbons (Fsp3) is 0.286. The van der Waals surface area contributed by atoms with E-state index in [4.69, 9.17) is 4.98 Å². The van der Waals surface area contributed by atoms with Gasteiger partial charge in [0.15, 0.2) is 0 Å². The topological polar surface area (TPSA) is 52.5 Å². The zero-order valence-corrected chi connectivity index (χ0v) is 19.5. The molecule has 0 atom stereocenters. The van der Waals surface area contributed by atoms with Crippen molar-refractivity contribution in [1.29, 1.82) is 0 Å². The number of benzene rings is 3. The number of phenolic OH excluding ortho intramolecular Hbond substituents is 1. The first-order valence-electron chi connectivity index (χ1n) is 11.6. The zero-order chi connectivity index (χ0) is 22.9. The molecule has 0 amide bonds. The monoisotopic (exact) mass is 438 g/mol. The average molecular weight is 439 g/mol. The minimum absolute atomic E-state index is 0.364. The van der Waals surface area contributed by atoms with Gasteiger partial charge in [0.25, 0.3) is 0 Å². The van der Waals surface area contributed by atoms with Crippen molar-refractivity contribution in [2.24, 2.45) is 0 Å². The number of phenols is 1. The molecule has 1 aliphatic heterocycles. The largest absolute Gasteiger partial charge is 0.507 e. The highest BCUT2D eigenvalue weighted by Crippen LogP contribution is 2.30. The Morgan fingerprint density at radius 1 is 0.818 bits per heavy atom.